The van der Waals surface area contributed by atoms with Gasteiger partial charge in [0, 0.05) is 6.04 Å². The molecule has 2 aromatic rings. The molecule has 4 heteroatoms. The molecule has 0 aliphatic rings. The van der Waals surface area contributed by atoms with Gasteiger partial charge in [-0.2, -0.15) is 0 Å². The van der Waals surface area contributed by atoms with E-state index in [1.165, 1.54) is 6.07 Å². The molecule has 0 fully saturated rings. The predicted molar refractivity (Wildman–Crippen MR) is 76.7 cm³/mol. The van der Waals surface area contributed by atoms with E-state index in [0.29, 0.717) is 18.1 Å². The lowest BCUT2D eigenvalue weighted by Gasteiger charge is -2.13. The van der Waals surface area contributed by atoms with Gasteiger partial charge in [-0.05, 0) is 43.7 Å². The van der Waals surface area contributed by atoms with Crippen LogP contribution in [0, 0.1) is 5.82 Å². The number of ether oxygens (including phenoxy) is 2. The average molecular weight is 275 g/mol. The number of benzene rings is 2. The molecule has 0 aromatic heterocycles. The average Bonchev–Trinajstić information content (AvgIpc) is 2.43. The summed E-state index contributed by atoms with van der Waals surface area (Å²) in [5.74, 6) is 0.792. The van der Waals surface area contributed by atoms with E-state index in [0.717, 1.165) is 5.56 Å². The summed E-state index contributed by atoms with van der Waals surface area (Å²) >= 11 is 0. The van der Waals surface area contributed by atoms with Gasteiger partial charge >= 0.3 is 0 Å². The number of nitrogens with two attached hydrogens (primary N) is 1. The van der Waals surface area contributed by atoms with Crippen LogP contribution in [0.4, 0.5) is 4.39 Å². The van der Waals surface area contributed by atoms with Gasteiger partial charge in [-0.1, -0.05) is 18.2 Å². The largest absolute Gasteiger partial charge is 0.490 e. The molecule has 0 bridgehead atoms. The van der Waals surface area contributed by atoms with E-state index in [1.807, 2.05) is 19.1 Å². The highest BCUT2D eigenvalue weighted by molar-refractivity contribution is 5.43. The molecule has 0 saturated carbocycles. The minimum atomic E-state index is -0.439. The minimum Gasteiger partial charge on any atom is -0.490 e. The molecule has 0 heterocycles. The zero-order valence-electron chi connectivity index (χ0n) is 11.6. The van der Waals surface area contributed by atoms with Crippen molar-refractivity contribution in [2.24, 2.45) is 5.73 Å². The first-order chi connectivity index (χ1) is 9.61. The first-order valence-electron chi connectivity index (χ1n) is 6.56. The van der Waals surface area contributed by atoms with E-state index in [1.54, 1.807) is 31.2 Å². The lowest BCUT2D eigenvalue weighted by atomic mass is 10.1. The summed E-state index contributed by atoms with van der Waals surface area (Å²) in [6, 6.07) is 11.7. The third-order valence-corrected chi connectivity index (χ3v) is 2.85. The Hall–Kier alpha value is -2.07. The van der Waals surface area contributed by atoms with Crippen molar-refractivity contribution in [2.45, 2.75) is 19.9 Å². The molecular weight excluding hydrogens is 257 g/mol. The van der Waals surface area contributed by atoms with E-state index >= 15 is 0 Å². The molecule has 3 nitrogen and oxygen atoms in total. The SMILES string of the molecule is CCOc1ccccc1Oc1ccc(C(C)N)cc1F. The molecule has 0 aliphatic heterocycles. The number of hydrogen-bond acceptors (Lipinski definition) is 3. The molecule has 0 amide bonds. The highest BCUT2D eigenvalue weighted by atomic mass is 19.1. The van der Waals surface area contributed by atoms with E-state index in [2.05, 4.69) is 0 Å². The van der Waals surface area contributed by atoms with Crippen LogP contribution in [0.5, 0.6) is 17.2 Å². The zero-order chi connectivity index (χ0) is 14.5. The fraction of sp³-hybridized carbons (Fsp3) is 0.250. The minimum absolute atomic E-state index is 0.154. The molecule has 1 unspecified atom stereocenters. The summed E-state index contributed by atoms with van der Waals surface area (Å²) in [6.07, 6.45) is 0. The van der Waals surface area contributed by atoms with Crippen LogP contribution >= 0.6 is 0 Å². The van der Waals surface area contributed by atoms with Crippen molar-refractivity contribution in [2.75, 3.05) is 6.61 Å². The maximum Gasteiger partial charge on any atom is 0.169 e. The standard InChI is InChI=1S/C16H18FNO2/c1-3-19-15-6-4-5-7-16(15)20-14-9-8-12(11(2)18)10-13(14)17/h4-11H,3,18H2,1-2H3. The highest BCUT2D eigenvalue weighted by Crippen LogP contribution is 2.33. The van der Waals surface area contributed by atoms with Gasteiger partial charge in [-0.15, -0.1) is 0 Å². The Labute approximate surface area is 118 Å². The smallest absolute Gasteiger partial charge is 0.169 e. The summed E-state index contributed by atoms with van der Waals surface area (Å²) < 4.78 is 25.0. The highest BCUT2D eigenvalue weighted by Gasteiger charge is 2.11. The Balaban J connectivity index is 2.26. The molecular formula is C16H18FNO2. The van der Waals surface area contributed by atoms with Crippen molar-refractivity contribution in [3.05, 3.63) is 53.8 Å². The molecule has 0 saturated heterocycles. The van der Waals surface area contributed by atoms with Crippen LogP contribution in [0.15, 0.2) is 42.5 Å². The maximum atomic E-state index is 14.0. The van der Waals surface area contributed by atoms with Crippen LogP contribution in [-0.4, -0.2) is 6.61 Å². The molecule has 2 N–H and O–H groups in total. The van der Waals surface area contributed by atoms with Crippen molar-refractivity contribution >= 4 is 0 Å². The topological polar surface area (TPSA) is 44.5 Å². The van der Waals surface area contributed by atoms with Crippen molar-refractivity contribution in [3.63, 3.8) is 0 Å². The molecule has 0 radical (unpaired) electrons. The van der Waals surface area contributed by atoms with Crippen LogP contribution in [-0.2, 0) is 0 Å². The third-order valence-electron chi connectivity index (χ3n) is 2.85. The number of para-hydroxylation sites is 2. The first kappa shape index (κ1) is 14.3. The quantitative estimate of drug-likeness (QED) is 0.895. The molecule has 0 spiro atoms. The van der Waals surface area contributed by atoms with E-state index < -0.39 is 5.82 Å². The second-order valence-electron chi connectivity index (χ2n) is 4.46. The van der Waals surface area contributed by atoms with Gasteiger partial charge in [0.2, 0.25) is 0 Å². The fourth-order valence-electron chi connectivity index (χ4n) is 1.81. The van der Waals surface area contributed by atoms with Crippen LogP contribution in [0.25, 0.3) is 0 Å². The van der Waals surface area contributed by atoms with Crippen molar-refractivity contribution in [3.8, 4) is 17.2 Å². The van der Waals surface area contributed by atoms with Crippen LogP contribution < -0.4 is 15.2 Å². The van der Waals surface area contributed by atoms with Crippen molar-refractivity contribution in [1.29, 1.82) is 0 Å². The summed E-state index contributed by atoms with van der Waals surface area (Å²) in [5.41, 5.74) is 6.45. The molecule has 2 rings (SSSR count). The van der Waals surface area contributed by atoms with Gasteiger partial charge in [0.1, 0.15) is 0 Å². The lowest BCUT2D eigenvalue weighted by molar-refractivity contribution is 0.318. The normalized spacial score (nSPS) is 12.0. The van der Waals surface area contributed by atoms with Gasteiger partial charge < -0.3 is 15.2 Å². The van der Waals surface area contributed by atoms with E-state index in [-0.39, 0.29) is 11.8 Å². The number of rotatable bonds is 5. The van der Waals surface area contributed by atoms with Gasteiger partial charge in [0.15, 0.2) is 23.1 Å². The van der Waals surface area contributed by atoms with Crippen LogP contribution in [0.3, 0.4) is 0 Å². The second kappa shape index (κ2) is 6.39. The summed E-state index contributed by atoms with van der Waals surface area (Å²) in [5, 5.41) is 0. The Bertz CT molecular complexity index is 584. The fourth-order valence-corrected chi connectivity index (χ4v) is 1.81. The monoisotopic (exact) mass is 275 g/mol. The van der Waals surface area contributed by atoms with Crippen LogP contribution in [0.1, 0.15) is 25.5 Å². The number of halogens is 1. The summed E-state index contributed by atoms with van der Waals surface area (Å²) in [7, 11) is 0. The lowest BCUT2D eigenvalue weighted by Crippen LogP contribution is -2.05. The number of hydrogen-bond donors (Lipinski definition) is 1. The molecule has 2 aromatic carbocycles. The Kier molecular flexibility index (Phi) is 4.58. The molecule has 1 atom stereocenters. The summed E-state index contributed by atoms with van der Waals surface area (Å²) in [4.78, 5) is 0. The van der Waals surface area contributed by atoms with Crippen molar-refractivity contribution in [1.82, 2.24) is 0 Å². The van der Waals surface area contributed by atoms with Crippen molar-refractivity contribution < 1.29 is 13.9 Å². The Morgan fingerprint density at radius 2 is 1.80 bits per heavy atom. The van der Waals surface area contributed by atoms with E-state index in [4.69, 9.17) is 15.2 Å². The van der Waals surface area contributed by atoms with Crippen LogP contribution in [0.2, 0.25) is 0 Å². The van der Waals surface area contributed by atoms with Gasteiger partial charge in [-0.25, -0.2) is 4.39 Å². The maximum absolute atomic E-state index is 14.0. The van der Waals surface area contributed by atoms with Gasteiger partial charge in [0.25, 0.3) is 0 Å². The molecule has 0 aliphatic carbocycles. The second-order valence-corrected chi connectivity index (χ2v) is 4.46. The van der Waals surface area contributed by atoms with Gasteiger partial charge in [0.05, 0.1) is 6.61 Å². The molecule has 20 heavy (non-hydrogen) atoms. The Morgan fingerprint density at radius 3 is 2.40 bits per heavy atom. The summed E-state index contributed by atoms with van der Waals surface area (Å²) in [6.45, 7) is 4.21. The predicted octanol–water partition coefficient (Wildman–Crippen LogP) is 4.04. The third kappa shape index (κ3) is 3.27. The van der Waals surface area contributed by atoms with Gasteiger partial charge in [-0.3, -0.25) is 0 Å². The van der Waals surface area contributed by atoms with E-state index in [9.17, 15) is 4.39 Å². The first-order valence-corrected chi connectivity index (χ1v) is 6.56. The Morgan fingerprint density at radius 1 is 1.10 bits per heavy atom. The zero-order valence-corrected chi connectivity index (χ0v) is 11.6. The molecule has 106 valence electrons.